The van der Waals surface area contributed by atoms with Crippen LogP contribution in [0.1, 0.15) is 43.4 Å². The molecule has 39 heavy (non-hydrogen) atoms. The van der Waals surface area contributed by atoms with Crippen LogP contribution in [-0.4, -0.2) is 48.2 Å². The highest BCUT2D eigenvalue weighted by molar-refractivity contribution is 7.92. The Bertz CT molecular complexity index is 1370. The van der Waals surface area contributed by atoms with Gasteiger partial charge in [-0.1, -0.05) is 29.8 Å². The van der Waals surface area contributed by atoms with Crippen molar-refractivity contribution in [2.24, 2.45) is 0 Å². The summed E-state index contributed by atoms with van der Waals surface area (Å²) in [7, 11) is -1.07. The van der Waals surface area contributed by atoms with Gasteiger partial charge >= 0.3 is 0 Å². The average molecular weight is 552 g/mol. The van der Waals surface area contributed by atoms with Gasteiger partial charge in [-0.25, -0.2) is 8.42 Å². The number of nitrogens with zero attached hydrogens (tertiary/aromatic N) is 2. The number of carbonyl (C=O) groups is 1. The molecule has 1 heterocycles. The number of amides is 1. The first-order chi connectivity index (χ1) is 18.7. The lowest BCUT2D eigenvalue weighted by Gasteiger charge is -2.29. The lowest BCUT2D eigenvalue weighted by Crippen LogP contribution is -2.41. The normalized spacial score (nSPS) is 14.4. The third-order valence-electron chi connectivity index (χ3n) is 7.04. The van der Waals surface area contributed by atoms with Crippen LogP contribution in [-0.2, 0) is 14.8 Å². The molecule has 3 aromatic rings. The van der Waals surface area contributed by atoms with Crippen molar-refractivity contribution in [3.63, 3.8) is 0 Å². The van der Waals surface area contributed by atoms with E-state index in [1.165, 1.54) is 39.2 Å². The van der Waals surface area contributed by atoms with E-state index in [0.29, 0.717) is 17.2 Å². The Balaban J connectivity index is 1.56. The molecule has 0 saturated carbocycles. The summed E-state index contributed by atoms with van der Waals surface area (Å²) >= 11 is 0. The van der Waals surface area contributed by atoms with Crippen molar-refractivity contribution in [1.29, 1.82) is 0 Å². The monoisotopic (exact) mass is 551 g/mol. The molecule has 0 bridgehead atoms. The second-order valence-electron chi connectivity index (χ2n) is 9.79. The van der Waals surface area contributed by atoms with Crippen molar-refractivity contribution in [3.8, 4) is 11.5 Å². The van der Waals surface area contributed by atoms with Gasteiger partial charge in [0.15, 0.2) is 11.5 Å². The summed E-state index contributed by atoms with van der Waals surface area (Å²) in [6.45, 7) is 5.50. The van der Waals surface area contributed by atoms with Crippen LogP contribution >= 0.6 is 0 Å². The van der Waals surface area contributed by atoms with E-state index >= 15 is 0 Å². The minimum Gasteiger partial charge on any atom is -0.493 e. The molecule has 0 aromatic heterocycles. The SMILES string of the molecule is COc1ccc(N(CC(=O)NC(C)c2ccc(N3CCCCC3)cc2)S(=O)(=O)c2ccc(C)cc2)cc1OC. The largest absolute Gasteiger partial charge is 0.493 e. The molecule has 1 atom stereocenters. The van der Waals surface area contributed by atoms with Crippen LogP contribution in [0.3, 0.4) is 0 Å². The summed E-state index contributed by atoms with van der Waals surface area (Å²) in [6, 6.07) is 19.2. The van der Waals surface area contributed by atoms with Crippen molar-refractivity contribution in [3.05, 3.63) is 77.9 Å². The third-order valence-corrected chi connectivity index (χ3v) is 8.83. The molecule has 3 aromatic carbocycles. The first kappa shape index (κ1) is 28.3. The Morgan fingerprint density at radius 3 is 2.18 bits per heavy atom. The van der Waals surface area contributed by atoms with E-state index in [-0.39, 0.29) is 10.9 Å². The molecule has 8 nitrogen and oxygen atoms in total. The van der Waals surface area contributed by atoms with Gasteiger partial charge in [0, 0.05) is 24.8 Å². The lowest BCUT2D eigenvalue weighted by atomic mass is 10.1. The summed E-state index contributed by atoms with van der Waals surface area (Å²) in [5, 5.41) is 2.96. The van der Waals surface area contributed by atoms with E-state index in [1.54, 1.807) is 42.5 Å². The summed E-state index contributed by atoms with van der Waals surface area (Å²) < 4.78 is 39.3. The molecule has 4 rings (SSSR count). The molecule has 1 fully saturated rings. The molecule has 1 aliphatic rings. The number of hydrogen-bond acceptors (Lipinski definition) is 6. The summed E-state index contributed by atoms with van der Waals surface area (Å²) in [6.07, 6.45) is 3.68. The number of sulfonamides is 1. The maximum atomic E-state index is 13.7. The van der Waals surface area contributed by atoms with Gasteiger partial charge in [0.05, 0.1) is 30.8 Å². The molecule has 1 aliphatic heterocycles. The zero-order valence-electron chi connectivity index (χ0n) is 23.0. The zero-order valence-corrected chi connectivity index (χ0v) is 23.8. The molecule has 1 N–H and O–H groups in total. The zero-order chi connectivity index (χ0) is 28.0. The highest BCUT2D eigenvalue weighted by Gasteiger charge is 2.28. The number of nitrogens with one attached hydrogen (secondary N) is 1. The molecule has 1 saturated heterocycles. The maximum Gasteiger partial charge on any atom is 0.264 e. The van der Waals surface area contributed by atoms with Crippen LogP contribution in [0.5, 0.6) is 11.5 Å². The van der Waals surface area contributed by atoms with E-state index in [0.717, 1.165) is 28.5 Å². The number of carbonyl (C=O) groups excluding carboxylic acids is 1. The summed E-state index contributed by atoms with van der Waals surface area (Å²) in [5.74, 6) is 0.398. The van der Waals surface area contributed by atoms with Gasteiger partial charge in [-0.3, -0.25) is 9.10 Å². The summed E-state index contributed by atoms with van der Waals surface area (Å²) in [5.41, 5.74) is 3.36. The van der Waals surface area contributed by atoms with Crippen LogP contribution in [0.4, 0.5) is 11.4 Å². The predicted octanol–water partition coefficient (Wildman–Crippen LogP) is 5.08. The van der Waals surface area contributed by atoms with Gasteiger partial charge in [0.2, 0.25) is 5.91 Å². The van der Waals surface area contributed by atoms with Gasteiger partial charge in [-0.05, 0) is 75.1 Å². The van der Waals surface area contributed by atoms with E-state index in [2.05, 4.69) is 22.3 Å². The molecular formula is C30H37N3O5S. The first-order valence-electron chi connectivity index (χ1n) is 13.2. The van der Waals surface area contributed by atoms with Gasteiger partial charge in [0.1, 0.15) is 6.54 Å². The minimum absolute atomic E-state index is 0.0945. The fraction of sp³-hybridized carbons (Fsp3) is 0.367. The predicted molar refractivity (Wildman–Crippen MR) is 154 cm³/mol. The van der Waals surface area contributed by atoms with Crippen LogP contribution in [0, 0.1) is 6.92 Å². The molecule has 9 heteroatoms. The highest BCUT2D eigenvalue weighted by atomic mass is 32.2. The topological polar surface area (TPSA) is 88.2 Å². The first-order valence-corrected chi connectivity index (χ1v) is 14.6. The molecule has 0 spiro atoms. The molecule has 208 valence electrons. The average Bonchev–Trinajstić information content (AvgIpc) is 2.96. The van der Waals surface area contributed by atoms with E-state index in [4.69, 9.17) is 9.47 Å². The lowest BCUT2D eigenvalue weighted by molar-refractivity contribution is -0.120. The number of rotatable bonds is 10. The summed E-state index contributed by atoms with van der Waals surface area (Å²) in [4.78, 5) is 15.7. The third kappa shape index (κ3) is 6.65. The Hall–Kier alpha value is -3.72. The molecular weight excluding hydrogens is 514 g/mol. The van der Waals surface area contributed by atoms with Crippen LogP contribution in [0.15, 0.2) is 71.6 Å². The van der Waals surface area contributed by atoms with Crippen molar-refractivity contribution < 1.29 is 22.7 Å². The second kappa shape index (κ2) is 12.4. The number of hydrogen-bond donors (Lipinski definition) is 1. The molecule has 1 unspecified atom stereocenters. The molecule has 0 aliphatic carbocycles. The highest BCUT2D eigenvalue weighted by Crippen LogP contribution is 2.34. The van der Waals surface area contributed by atoms with Crippen molar-refractivity contribution in [1.82, 2.24) is 5.32 Å². The van der Waals surface area contributed by atoms with Crippen molar-refractivity contribution in [2.45, 2.75) is 44.0 Å². The quantitative estimate of drug-likeness (QED) is 0.378. The fourth-order valence-electron chi connectivity index (χ4n) is 4.76. The van der Waals surface area contributed by atoms with Crippen LogP contribution in [0.25, 0.3) is 0 Å². The van der Waals surface area contributed by atoms with Gasteiger partial charge in [-0.2, -0.15) is 0 Å². The Morgan fingerprint density at radius 1 is 0.923 bits per heavy atom. The number of methoxy groups -OCH3 is 2. The van der Waals surface area contributed by atoms with E-state index in [1.807, 2.05) is 26.0 Å². The number of anilines is 2. The number of ether oxygens (including phenoxy) is 2. The molecule has 0 radical (unpaired) electrons. The van der Waals surface area contributed by atoms with Gasteiger partial charge in [-0.15, -0.1) is 0 Å². The van der Waals surface area contributed by atoms with E-state index < -0.39 is 22.5 Å². The van der Waals surface area contributed by atoms with Crippen LogP contribution < -0.4 is 24.0 Å². The number of aryl methyl sites for hydroxylation is 1. The Kier molecular flexibility index (Phi) is 9.01. The minimum atomic E-state index is -4.06. The number of benzene rings is 3. The standard InChI is InChI=1S/C30H37N3O5S/c1-22-8-15-27(16-9-22)39(35,36)33(26-14-17-28(37-3)29(20-26)38-4)21-30(34)31-23(2)24-10-12-25(13-11-24)32-18-6-5-7-19-32/h8-17,20,23H,5-7,18-19,21H2,1-4H3,(H,31,34). The second-order valence-corrected chi connectivity index (χ2v) is 11.7. The Labute approximate surface area is 231 Å². The number of piperidine rings is 1. The smallest absolute Gasteiger partial charge is 0.264 e. The van der Waals surface area contributed by atoms with Gasteiger partial charge < -0.3 is 19.7 Å². The van der Waals surface area contributed by atoms with Gasteiger partial charge in [0.25, 0.3) is 10.0 Å². The van der Waals surface area contributed by atoms with Crippen molar-refractivity contribution in [2.75, 3.05) is 43.1 Å². The van der Waals surface area contributed by atoms with Crippen LogP contribution in [0.2, 0.25) is 0 Å². The fourth-order valence-corrected chi connectivity index (χ4v) is 6.17. The Morgan fingerprint density at radius 2 is 1.56 bits per heavy atom. The maximum absolute atomic E-state index is 13.7. The molecule has 1 amide bonds. The van der Waals surface area contributed by atoms with Crippen molar-refractivity contribution >= 4 is 27.3 Å². The van der Waals surface area contributed by atoms with E-state index in [9.17, 15) is 13.2 Å².